The minimum Gasteiger partial charge on any atom is -0.456 e. The minimum atomic E-state index is 0.699. The number of anilines is 1. The molecule has 3 rings (SSSR count). The molecule has 0 aliphatic carbocycles. The first-order chi connectivity index (χ1) is 9.81. The number of piperazine rings is 1. The largest absolute Gasteiger partial charge is 0.456 e. The molecule has 0 bridgehead atoms. The van der Waals surface area contributed by atoms with E-state index >= 15 is 0 Å². The van der Waals surface area contributed by atoms with Crippen LogP contribution in [-0.4, -0.2) is 31.2 Å². The second-order valence-corrected chi connectivity index (χ2v) is 5.08. The van der Waals surface area contributed by atoms with E-state index in [0.717, 1.165) is 43.5 Å². The van der Waals surface area contributed by atoms with Crippen molar-refractivity contribution >= 4 is 17.4 Å². The number of rotatable bonds is 3. The average molecular weight is 290 g/mol. The number of hydrogen-bond acceptors (Lipinski definition) is 4. The Labute approximate surface area is 123 Å². The summed E-state index contributed by atoms with van der Waals surface area (Å²) in [4.78, 5) is 6.73. The van der Waals surface area contributed by atoms with Gasteiger partial charge in [0.1, 0.15) is 17.3 Å². The molecular formula is C15H16ClN3O. The molecule has 1 saturated heterocycles. The monoisotopic (exact) mass is 289 g/mol. The van der Waals surface area contributed by atoms with E-state index in [0.29, 0.717) is 5.02 Å². The molecule has 1 aliphatic heterocycles. The van der Waals surface area contributed by atoms with E-state index in [4.69, 9.17) is 16.3 Å². The topological polar surface area (TPSA) is 37.4 Å². The zero-order valence-electron chi connectivity index (χ0n) is 11.1. The van der Waals surface area contributed by atoms with Crippen molar-refractivity contribution < 1.29 is 4.74 Å². The van der Waals surface area contributed by atoms with Crippen molar-refractivity contribution in [2.75, 3.05) is 31.1 Å². The Balaban J connectivity index is 1.67. The molecule has 2 heterocycles. The van der Waals surface area contributed by atoms with Gasteiger partial charge < -0.3 is 15.0 Å². The van der Waals surface area contributed by atoms with Crippen LogP contribution in [0, 0.1) is 0 Å². The van der Waals surface area contributed by atoms with Crippen LogP contribution in [0.2, 0.25) is 5.02 Å². The number of hydrogen-bond donors (Lipinski definition) is 1. The Morgan fingerprint density at radius 1 is 1.00 bits per heavy atom. The zero-order chi connectivity index (χ0) is 13.8. The van der Waals surface area contributed by atoms with Crippen LogP contribution in [-0.2, 0) is 0 Å². The van der Waals surface area contributed by atoms with Gasteiger partial charge in [0, 0.05) is 31.2 Å². The molecule has 0 unspecified atom stereocenters. The van der Waals surface area contributed by atoms with Gasteiger partial charge in [-0.3, -0.25) is 0 Å². The first kappa shape index (κ1) is 13.2. The molecule has 1 aliphatic rings. The lowest BCUT2D eigenvalue weighted by Gasteiger charge is -2.28. The van der Waals surface area contributed by atoms with Crippen LogP contribution in [0.15, 0.2) is 42.6 Å². The van der Waals surface area contributed by atoms with Crippen LogP contribution < -0.4 is 15.0 Å². The van der Waals surface area contributed by atoms with Crippen LogP contribution >= 0.6 is 11.6 Å². The van der Waals surface area contributed by atoms with Crippen molar-refractivity contribution in [3.63, 3.8) is 0 Å². The quantitative estimate of drug-likeness (QED) is 0.943. The summed E-state index contributed by atoms with van der Waals surface area (Å²) < 4.78 is 5.72. The standard InChI is InChI=1S/C15H16ClN3O/c16-12-1-3-13(4-2-12)20-14-5-6-15(18-11-14)19-9-7-17-8-10-19/h1-6,11,17H,7-10H2. The lowest BCUT2D eigenvalue weighted by Crippen LogP contribution is -2.43. The van der Waals surface area contributed by atoms with Gasteiger partial charge in [-0.15, -0.1) is 0 Å². The van der Waals surface area contributed by atoms with Crippen LogP contribution in [0.4, 0.5) is 5.82 Å². The maximum absolute atomic E-state index is 5.84. The molecule has 20 heavy (non-hydrogen) atoms. The first-order valence-corrected chi connectivity index (χ1v) is 7.04. The lowest BCUT2D eigenvalue weighted by atomic mass is 10.3. The fourth-order valence-electron chi connectivity index (χ4n) is 2.15. The van der Waals surface area contributed by atoms with Crippen molar-refractivity contribution in [2.45, 2.75) is 0 Å². The minimum absolute atomic E-state index is 0.699. The van der Waals surface area contributed by atoms with E-state index in [1.807, 2.05) is 24.3 Å². The Hall–Kier alpha value is -1.78. The van der Waals surface area contributed by atoms with Crippen LogP contribution in [0.1, 0.15) is 0 Å². The van der Waals surface area contributed by atoms with Crippen LogP contribution in [0.25, 0.3) is 0 Å². The van der Waals surface area contributed by atoms with Gasteiger partial charge in [0.15, 0.2) is 0 Å². The molecule has 2 aromatic rings. The summed E-state index contributed by atoms with van der Waals surface area (Å²) in [7, 11) is 0. The molecule has 104 valence electrons. The number of nitrogens with one attached hydrogen (secondary N) is 1. The maximum Gasteiger partial charge on any atom is 0.145 e. The van der Waals surface area contributed by atoms with E-state index in [2.05, 4.69) is 15.2 Å². The van der Waals surface area contributed by atoms with Gasteiger partial charge >= 0.3 is 0 Å². The molecule has 0 atom stereocenters. The highest BCUT2D eigenvalue weighted by Crippen LogP contribution is 2.24. The fourth-order valence-corrected chi connectivity index (χ4v) is 2.28. The number of ether oxygens (including phenoxy) is 1. The van der Waals surface area contributed by atoms with Gasteiger partial charge in [0.25, 0.3) is 0 Å². The second kappa shape index (κ2) is 6.11. The maximum atomic E-state index is 5.84. The summed E-state index contributed by atoms with van der Waals surface area (Å²) in [6.07, 6.45) is 1.76. The van der Waals surface area contributed by atoms with Gasteiger partial charge in [0.2, 0.25) is 0 Å². The van der Waals surface area contributed by atoms with Crippen molar-refractivity contribution in [1.82, 2.24) is 10.3 Å². The van der Waals surface area contributed by atoms with Crippen molar-refractivity contribution in [2.24, 2.45) is 0 Å². The van der Waals surface area contributed by atoms with Gasteiger partial charge in [-0.25, -0.2) is 4.98 Å². The second-order valence-electron chi connectivity index (χ2n) is 4.65. The summed E-state index contributed by atoms with van der Waals surface area (Å²) in [6.45, 7) is 3.99. The number of nitrogens with zero attached hydrogens (tertiary/aromatic N) is 2. The average Bonchev–Trinajstić information content (AvgIpc) is 2.51. The van der Waals surface area contributed by atoms with E-state index in [-0.39, 0.29) is 0 Å². The normalized spacial score (nSPS) is 15.2. The Morgan fingerprint density at radius 2 is 1.70 bits per heavy atom. The van der Waals surface area contributed by atoms with Crippen molar-refractivity contribution in [3.05, 3.63) is 47.6 Å². The molecule has 5 heteroatoms. The third kappa shape index (κ3) is 3.21. The van der Waals surface area contributed by atoms with Crippen molar-refractivity contribution in [3.8, 4) is 11.5 Å². The predicted octanol–water partition coefficient (Wildman–Crippen LogP) is 2.94. The highest BCUT2D eigenvalue weighted by atomic mass is 35.5. The fraction of sp³-hybridized carbons (Fsp3) is 0.267. The van der Waals surface area contributed by atoms with Crippen molar-refractivity contribution in [1.29, 1.82) is 0 Å². The molecular weight excluding hydrogens is 274 g/mol. The molecule has 0 radical (unpaired) electrons. The third-order valence-electron chi connectivity index (χ3n) is 3.21. The summed E-state index contributed by atoms with van der Waals surface area (Å²) >= 11 is 5.84. The number of pyridine rings is 1. The molecule has 4 nitrogen and oxygen atoms in total. The van der Waals surface area contributed by atoms with E-state index < -0.39 is 0 Å². The first-order valence-electron chi connectivity index (χ1n) is 6.66. The molecule has 1 fully saturated rings. The summed E-state index contributed by atoms with van der Waals surface area (Å²) in [5, 5.41) is 4.03. The van der Waals surface area contributed by atoms with E-state index in [9.17, 15) is 0 Å². The summed E-state index contributed by atoms with van der Waals surface area (Å²) in [5.41, 5.74) is 0. The van der Waals surface area contributed by atoms with E-state index in [1.165, 1.54) is 0 Å². The molecule has 0 saturated carbocycles. The Kier molecular flexibility index (Phi) is 4.04. The number of aromatic nitrogens is 1. The van der Waals surface area contributed by atoms with Crippen LogP contribution in [0.3, 0.4) is 0 Å². The smallest absolute Gasteiger partial charge is 0.145 e. The highest BCUT2D eigenvalue weighted by Gasteiger charge is 2.11. The molecule has 0 spiro atoms. The Bertz CT molecular complexity index is 550. The predicted molar refractivity (Wildman–Crippen MR) is 80.8 cm³/mol. The number of benzene rings is 1. The summed E-state index contributed by atoms with van der Waals surface area (Å²) in [6, 6.07) is 11.2. The van der Waals surface area contributed by atoms with Gasteiger partial charge in [-0.05, 0) is 36.4 Å². The SMILES string of the molecule is Clc1ccc(Oc2ccc(N3CCNCC3)nc2)cc1. The third-order valence-corrected chi connectivity index (χ3v) is 3.46. The van der Waals surface area contributed by atoms with Gasteiger partial charge in [0.05, 0.1) is 6.20 Å². The molecule has 0 amide bonds. The highest BCUT2D eigenvalue weighted by molar-refractivity contribution is 6.30. The molecule has 1 aromatic carbocycles. The van der Waals surface area contributed by atoms with Gasteiger partial charge in [-0.2, -0.15) is 0 Å². The summed E-state index contributed by atoms with van der Waals surface area (Å²) in [5.74, 6) is 2.48. The molecule has 1 N–H and O–H groups in total. The lowest BCUT2D eigenvalue weighted by molar-refractivity contribution is 0.480. The number of halogens is 1. The molecule has 1 aromatic heterocycles. The van der Waals surface area contributed by atoms with Gasteiger partial charge in [-0.1, -0.05) is 11.6 Å². The van der Waals surface area contributed by atoms with E-state index in [1.54, 1.807) is 18.3 Å². The zero-order valence-corrected chi connectivity index (χ0v) is 11.8. The van der Waals surface area contributed by atoms with Crippen LogP contribution in [0.5, 0.6) is 11.5 Å². The Morgan fingerprint density at radius 3 is 2.35 bits per heavy atom.